The molecule has 0 bridgehead atoms. The van der Waals surface area contributed by atoms with Gasteiger partial charge in [-0.05, 0) is 106 Å². The van der Waals surface area contributed by atoms with E-state index in [1.165, 1.54) is 88.0 Å². The first-order valence-electron chi connectivity index (χ1n) is 16.6. The van der Waals surface area contributed by atoms with E-state index in [4.69, 9.17) is 0 Å². The molecule has 9 rings (SSSR count). The maximum atomic E-state index is 2.38. The van der Waals surface area contributed by atoms with E-state index >= 15 is 0 Å². The molecule has 0 heterocycles. The smallest absolute Gasteiger partial charge is 0.00201 e. The predicted molar refractivity (Wildman–Crippen MR) is 206 cm³/mol. The van der Waals surface area contributed by atoms with Gasteiger partial charge >= 0.3 is 0 Å². The lowest BCUT2D eigenvalue weighted by atomic mass is 9.83. The molecule has 0 heteroatoms. The van der Waals surface area contributed by atoms with Crippen molar-refractivity contribution in [3.63, 3.8) is 0 Å². The molecule has 0 aliphatic carbocycles. The van der Waals surface area contributed by atoms with E-state index in [0.717, 1.165) is 0 Å². The zero-order valence-corrected chi connectivity index (χ0v) is 26.5. The van der Waals surface area contributed by atoms with Crippen molar-refractivity contribution in [1.29, 1.82) is 0 Å². The fourth-order valence-corrected chi connectivity index (χ4v) is 7.39. The van der Waals surface area contributed by atoms with Crippen LogP contribution in [0.15, 0.2) is 194 Å². The van der Waals surface area contributed by atoms with Gasteiger partial charge in [0, 0.05) is 0 Å². The van der Waals surface area contributed by atoms with Gasteiger partial charge in [0.25, 0.3) is 0 Å². The predicted octanol–water partition coefficient (Wildman–Crippen LogP) is 13.5. The molecule has 9 aromatic carbocycles. The number of benzene rings is 9. The second-order valence-electron chi connectivity index (χ2n) is 12.5. The number of hydrogen-bond acceptors (Lipinski definition) is 0. The molecule has 0 unspecified atom stereocenters. The monoisotopic (exact) mass is 608 g/mol. The first kappa shape index (κ1) is 28.0. The third-order valence-electron chi connectivity index (χ3n) is 9.64. The summed E-state index contributed by atoms with van der Waals surface area (Å²) in [5.74, 6) is 0. The SMILES string of the molecule is c1ccc(-c2ccc(-c3cc(-c4ccccc4)cc(-c4c5ccccc5c(-c5cccc6ccccc56)c5ccccc45)c3)cc2)cc1. The van der Waals surface area contributed by atoms with Crippen LogP contribution in [-0.4, -0.2) is 0 Å². The third-order valence-corrected chi connectivity index (χ3v) is 9.64. The van der Waals surface area contributed by atoms with Crippen LogP contribution in [0.5, 0.6) is 0 Å². The van der Waals surface area contributed by atoms with Gasteiger partial charge in [-0.15, -0.1) is 0 Å². The van der Waals surface area contributed by atoms with Crippen molar-refractivity contribution in [2.45, 2.75) is 0 Å². The Morgan fingerprint density at radius 3 is 1.15 bits per heavy atom. The molecular formula is C48H32. The topological polar surface area (TPSA) is 0 Å². The molecule has 0 saturated carbocycles. The van der Waals surface area contributed by atoms with Crippen molar-refractivity contribution < 1.29 is 0 Å². The molecule has 224 valence electrons. The Hall–Kier alpha value is -6.24. The second kappa shape index (κ2) is 11.8. The van der Waals surface area contributed by atoms with E-state index in [1.807, 2.05) is 0 Å². The summed E-state index contributed by atoms with van der Waals surface area (Å²) < 4.78 is 0. The summed E-state index contributed by atoms with van der Waals surface area (Å²) in [6, 6.07) is 70.8. The van der Waals surface area contributed by atoms with Crippen molar-refractivity contribution in [1.82, 2.24) is 0 Å². The summed E-state index contributed by atoms with van der Waals surface area (Å²) in [6.07, 6.45) is 0. The molecule has 0 N–H and O–H groups in total. The summed E-state index contributed by atoms with van der Waals surface area (Å²) in [5.41, 5.74) is 12.3. The van der Waals surface area contributed by atoms with Gasteiger partial charge < -0.3 is 0 Å². The maximum absolute atomic E-state index is 2.38. The van der Waals surface area contributed by atoms with E-state index in [-0.39, 0.29) is 0 Å². The molecule has 0 saturated heterocycles. The van der Waals surface area contributed by atoms with E-state index in [1.54, 1.807) is 0 Å². The van der Waals surface area contributed by atoms with Gasteiger partial charge in [-0.1, -0.05) is 176 Å². The van der Waals surface area contributed by atoms with Crippen LogP contribution < -0.4 is 0 Å². The Kier molecular flexibility index (Phi) is 6.91. The number of fused-ring (bicyclic) bond motifs is 3. The van der Waals surface area contributed by atoms with Crippen molar-refractivity contribution >= 4 is 32.3 Å². The molecule has 0 aliphatic rings. The van der Waals surface area contributed by atoms with Gasteiger partial charge in [0.2, 0.25) is 0 Å². The lowest BCUT2D eigenvalue weighted by molar-refractivity contribution is 1.57. The number of rotatable bonds is 5. The Balaban J connectivity index is 1.32. The second-order valence-corrected chi connectivity index (χ2v) is 12.5. The average molecular weight is 609 g/mol. The van der Waals surface area contributed by atoms with E-state index in [9.17, 15) is 0 Å². The molecule has 0 aromatic heterocycles. The van der Waals surface area contributed by atoms with Crippen molar-refractivity contribution in [3.8, 4) is 55.6 Å². The molecule has 0 aliphatic heterocycles. The Morgan fingerprint density at radius 2 is 0.583 bits per heavy atom. The summed E-state index contributed by atoms with van der Waals surface area (Å²) in [4.78, 5) is 0. The van der Waals surface area contributed by atoms with Gasteiger partial charge in [0.05, 0.1) is 0 Å². The van der Waals surface area contributed by atoms with Gasteiger partial charge in [-0.3, -0.25) is 0 Å². The minimum atomic E-state index is 1.20. The first-order chi connectivity index (χ1) is 23.8. The zero-order valence-electron chi connectivity index (χ0n) is 26.5. The molecule has 9 aromatic rings. The maximum Gasteiger partial charge on any atom is -0.00201 e. The van der Waals surface area contributed by atoms with Gasteiger partial charge in [0.15, 0.2) is 0 Å². The van der Waals surface area contributed by atoms with Gasteiger partial charge in [-0.25, -0.2) is 0 Å². The van der Waals surface area contributed by atoms with Crippen LogP contribution in [0.4, 0.5) is 0 Å². The normalized spacial score (nSPS) is 11.3. The van der Waals surface area contributed by atoms with Crippen LogP contribution >= 0.6 is 0 Å². The zero-order chi connectivity index (χ0) is 31.9. The fraction of sp³-hybridized carbons (Fsp3) is 0. The molecule has 0 nitrogen and oxygen atoms in total. The van der Waals surface area contributed by atoms with Crippen LogP contribution in [0.25, 0.3) is 88.0 Å². The highest BCUT2D eigenvalue weighted by molar-refractivity contribution is 6.23. The van der Waals surface area contributed by atoms with Crippen molar-refractivity contribution in [2.75, 3.05) is 0 Å². The average Bonchev–Trinajstić information content (AvgIpc) is 3.17. The molecule has 0 radical (unpaired) electrons. The summed E-state index contributed by atoms with van der Waals surface area (Å²) in [6.45, 7) is 0. The highest BCUT2D eigenvalue weighted by atomic mass is 14.2. The minimum absolute atomic E-state index is 1.20. The lowest BCUT2D eigenvalue weighted by Gasteiger charge is -2.20. The van der Waals surface area contributed by atoms with E-state index in [2.05, 4.69) is 194 Å². The highest BCUT2D eigenvalue weighted by Crippen LogP contribution is 2.46. The molecule has 0 amide bonds. The standard InChI is InChI=1S/C48H32/c1-3-14-33(15-4-1)35-26-28-36(29-27-35)39-30-38(34-16-5-2-6-17-34)31-40(32-39)47-43-21-9-11-23-45(43)48(46-24-12-10-22-44(46)47)42-25-13-19-37-18-7-8-20-41(37)42/h1-32H. The summed E-state index contributed by atoms with van der Waals surface area (Å²) in [7, 11) is 0. The van der Waals surface area contributed by atoms with Crippen molar-refractivity contribution in [3.05, 3.63) is 194 Å². The quantitative estimate of drug-likeness (QED) is 0.171. The van der Waals surface area contributed by atoms with E-state index < -0.39 is 0 Å². The fourth-order valence-electron chi connectivity index (χ4n) is 7.39. The van der Waals surface area contributed by atoms with Crippen molar-refractivity contribution in [2.24, 2.45) is 0 Å². The Bertz CT molecular complexity index is 2510. The van der Waals surface area contributed by atoms with E-state index in [0.29, 0.717) is 0 Å². The molecular weight excluding hydrogens is 577 g/mol. The third kappa shape index (κ3) is 4.87. The first-order valence-corrected chi connectivity index (χ1v) is 16.6. The highest BCUT2D eigenvalue weighted by Gasteiger charge is 2.19. The molecule has 0 spiro atoms. The lowest BCUT2D eigenvalue weighted by Crippen LogP contribution is -1.93. The van der Waals surface area contributed by atoms with Crippen LogP contribution in [-0.2, 0) is 0 Å². The van der Waals surface area contributed by atoms with Crippen LogP contribution in [0.3, 0.4) is 0 Å². The minimum Gasteiger partial charge on any atom is -0.0622 e. The van der Waals surface area contributed by atoms with Gasteiger partial charge in [-0.2, -0.15) is 0 Å². The summed E-state index contributed by atoms with van der Waals surface area (Å²) in [5, 5.41) is 7.58. The Morgan fingerprint density at radius 1 is 0.208 bits per heavy atom. The molecule has 0 fully saturated rings. The van der Waals surface area contributed by atoms with Crippen LogP contribution in [0.2, 0.25) is 0 Å². The molecule has 48 heavy (non-hydrogen) atoms. The largest absolute Gasteiger partial charge is 0.0622 e. The summed E-state index contributed by atoms with van der Waals surface area (Å²) >= 11 is 0. The Labute approximate surface area is 281 Å². The van der Waals surface area contributed by atoms with Gasteiger partial charge in [0.1, 0.15) is 0 Å². The number of hydrogen-bond donors (Lipinski definition) is 0. The molecule has 0 atom stereocenters. The van der Waals surface area contributed by atoms with Crippen LogP contribution in [0, 0.1) is 0 Å². The van der Waals surface area contributed by atoms with Crippen LogP contribution in [0.1, 0.15) is 0 Å².